The lowest BCUT2D eigenvalue weighted by molar-refractivity contribution is -0.121. The fraction of sp³-hybridized carbons (Fsp3) is 0.450. The Kier molecular flexibility index (Phi) is 5.13. The Morgan fingerprint density at radius 2 is 2.25 bits per heavy atom. The van der Waals surface area contributed by atoms with Gasteiger partial charge in [0.05, 0.1) is 6.42 Å². The van der Waals surface area contributed by atoms with E-state index in [2.05, 4.69) is 25.1 Å². The Bertz CT molecular complexity index is 1010. The van der Waals surface area contributed by atoms with Gasteiger partial charge in [0.1, 0.15) is 18.2 Å². The number of fused-ring (bicyclic) bond motifs is 2. The lowest BCUT2D eigenvalue weighted by Gasteiger charge is -2.16. The average molecular weight is 385 g/mol. The Labute approximate surface area is 162 Å². The molecule has 148 valence electrons. The van der Waals surface area contributed by atoms with E-state index in [1.165, 1.54) is 12.1 Å². The molecule has 1 aliphatic heterocycles. The van der Waals surface area contributed by atoms with Crippen LogP contribution in [0.2, 0.25) is 0 Å². The summed E-state index contributed by atoms with van der Waals surface area (Å²) < 4.78 is 20.9. The van der Waals surface area contributed by atoms with Crippen molar-refractivity contribution in [2.45, 2.75) is 51.8 Å². The van der Waals surface area contributed by atoms with Crippen molar-refractivity contribution in [1.29, 1.82) is 0 Å². The maximum Gasteiger partial charge on any atom is 0.224 e. The molecule has 3 aromatic rings. The standard InChI is InChI=1S/C20H24FN5O2/c1-12-15(16-9-13(21)3-5-17(16)22-12)10-20(27)23-14-4-6-18-24-25-19(11-28-2)26(18)8-7-14/h3,5,9,14,22H,4,6-8,10-11H2,1-2H3,(H,23,27). The Morgan fingerprint density at radius 3 is 3.07 bits per heavy atom. The fourth-order valence-corrected chi connectivity index (χ4v) is 3.95. The predicted molar refractivity (Wildman–Crippen MR) is 102 cm³/mol. The second-order valence-electron chi connectivity index (χ2n) is 7.30. The molecule has 0 aliphatic carbocycles. The first-order valence-corrected chi connectivity index (χ1v) is 9.51. The van der Waals surface area contributed by atoms with Crippen molar-refractivity contribution in [1.82, 2.24) is 25.1 Å². The van der Waals surface area contributed by atoms with Gasteiger partial charge in [-0.25, -0.2) is 4.39 Å². The van der Waals surface area contributed by atoms with E-state index in [1.807, 2.05) is 6.92 Å². The maximum absolute atomic E-state index is 13.6. The van der Waals surface area contributed by atoms with Crippen molar-refractivity contribution in [2.75, 3.05) is 7.11 Å². The number of hydrogen-bond acceptors (Lipinski definition) is 4. The molecule has 1 amide bonds. The van der Waals surface area contributed by atoms with Gasteiger partial charge in [-0.3, -0.25) is 4.79 Å². The molecule has 1 atom stereocenters. The summed E-state index contributed by atoms with van der Waals surface area (Å²) in [6, 6.07) is 4.68. The van der Waals surface area contributed by atoms with Crippen LogP contribution < -0.4 is 5.32 Å². The van der Waals surface area contributed by atoms with Gasteiger partial charge in [-0.2, -0.15) is 0 Å². The molecule has 0 saturated carbocycles. The second-order valence-corrected chi connectivity index (χ2v) is 7.30. The number of aromatic amines is 1. The number of benzene rings is 1. The number of aromatic nitrogens is 4. The van der Waals surface area contributed by atoms with Crippen molar-refractivity contribution in [3.05, 3.63) is 46.9 Å². The molecule has 0 radical (unpaired) electrons. The van der Waals surface area contributed by atoms with Gasteiger partial charge in [-0.15, -0.1) is 10.2 Å². The van der Waals surface area contributed by atoms with E-state index in [1.54, 1.807) is 13.2 Å². The van der Waals surface area contributed by atoms with E-state index in [-0.39, 0.29) is 24.2 Å². The highest BCUT2D eigenvalue weighted by Crippen LogP contribution is 2.24. The highest BCUT2D eigenvalue weighted by Gasteiger charge is 2.22. The molecule has 8 heteroatoms. The number of nitrogens with zero attached hydrogens (tertiary/aromatic N) is 3. The Morgan fingerprint density at radius 1 is 1.39 bits per heavy atom. The smallest absolute Gasteiger partial charge is 0.224 e. The molecule has 1 aromatic carbocycles. The number of hydrogen-bond donors (Lipinski definition) is 2. The van der Waals surface area contributed by atoms with E-state index >= 15 is 0 Å². The number of amides is 1. The van der Waals surface area contributed by atoms with Crippen LogP contribution in [0, 0.1) is 12.7 Å². The number of H-pyrrole nitrogens is 1. The van der Waals surface area contributed by atoms with Crippen molar-refractivity contribution >= 4 is 16.8 Å². The third-order valence-electron chi connectivity index (χ3n) is 5.38. The molecule has 0 fully saturated rings. The second kappa shape index (κ2) is 7.71. The van der Waals surface area contributed by atoms with Gasteiger partial charge in [-0.1, -0.05) is 0 Å². The largest absolute Gasteiger partial charge is 0.377 e. The van der Waals surface area contributed by atoms with Crippen molar-refractivity contribution in [3.8, 4) is 0 Å². The molecular weight excluding hydrogens is 361 g/mol. The van der Waals surface area contributed by atoms with Crippen molar-refractivity contribution in [2.24, 2.45) is 0 Å². The summed E-state index contributed by atoms with van der Waals surface area (Å²) >= 11 is 0. The zero-order valence-corrected chi connectivity index (χ0v) is 16.1. The number of methoxy groups -OCH3 is 1. The van der Waals surface area contributed by atoms with E-state index in [4.69, 9.17) is 4.74 Å². The zero-order valence-electron chi connectivity index (χ0n) is 16.1. The molecule has 0 saturated heterocycles. The van der Waals surface area contributed by atoms with Gasteiger partial charge in [-0.05, 0) is 43.5 Å². The molecule has 28 heavy (non-hydrogen) atoms. The van der Waals surface area contributed by atoms with E-state index < -0.39 is 0 Å². The Balaban J connectivity index is 1.42. The van der Waals surface area contributed by atoms with Crippen LogP contribution >= 0.6 is 0 Å². The molecular formula is C20H24FN5O2. The van der Waals surface area contributed by atoms with E-state index in [0.717, 1.165) is 59.6 Å². The third kappa shape index (κ3) is 3.64. The van der Waals surface area contributed by atoms with Crippen molar-refractivity contribution in [3.63, 3.8) is 0 Å². The third-order valence-corrected chi connectivity index (χ3v) is 5.38. The lowest BCUT2D eigenvalue weighted by Crippen LogP contribution is -2.36. The minimum Gasteiger partial charge on any atom is -0.377 e. The highest BCUT2D eigenvalue weighted by molar-refractivity contribution is 5.90. The summed E-state index contributed by atoms with van der Waals surface area (Å²) in [5.41, 5.74) is 2.59. The summed E-state index contributed by atoms with van der Waals surface area (Å²) in [5, 5.41) is 12.3. The molecule has 1 aliphatic rings. The van der Waals surface area contributed by atoms with Crippen LogP contribution in [-0.2, 0) is 35.5 Å². The number of nitrogens with one attached hydrogen (secondary N) is 2. The number of carbonyl (C=O) groups excluding carboxylic acids is 1. The molecule has 0 spiro atoms. The number of aryl methyl sites for hydroxylation is 2. The number of rotatable bonds is 5. The van der Waals surface area contributed by atoms with Crippen molar-refractivity contribution < 1.29 is 13.9 Å². The van der Waals surface area contributed by atoms with E-state index in [0.29, 0.717) is 6.61 Å². The Hall–Kier alpha value is -2.74. The van der Waals surface area contributed by atoms with Crippen LogP contribution in [0.25, 0.3) is 10.9 Å². The van der Waals surface area contributed by atoms with Gasteiger partial charge in [0, 0.05) is 42.7 Å². The van der Waals surface area contributed by atoms with E-state index in [9.17, 15) is 9.18 Å². The normalized spacial score (nSPS) is 16.8. The topological polar surface area (TPSA) is 84.8 Å². The molecule has 1 unspecified atom stereocenters. The van der Waals surface area contributed by atoms with Crippen LogP contribution in [-0.4, -0.2) is 38.8 Å². The summed E-state index contributed by atoms with van der Waals surface area (Å²) in [7, 11) is 1.64. The SMILES string of the molecule is COCc1nnc2n1CCC(NC(=O)Cc1c(C)[nH]c3ccc(F)cc13)CC2. The van der Waals surface area contributed by atoms with Crippen LogP contribution in [0.5, 0.6) is 0 Å². The first kappa shape index (κ1) is 18.6. The minimum absolute atomic E-state index is 0.0481. The predicted octanol–water partition coefficient (Wildman–Crippen LogP) is 2.42. The highest BCUT2D eigenvalue weighted by atomic mass is 19.1. The molecule has 2 aromatic heterocycles. The van der Waals surface area contributed by atoms with Crippen LogP contribution in [0.3, 0.4) is 0 Å². The van der Waals surface area contributed by atoms with Gasteiger partial charge < -0.3 is 19.6 Å². The minimum atomic E-state index is -0.299. The molecule has 2 N–H and O–H groups in total. The van der Waals surface area contributed by atoms with Gasteiger partial charge in [0.25, 0.3) is 0 Å². The van der Waals surface area contributed by atoms with Crippen LogP contribution in [0.15, 0.2) is 18.2 Å². The summed E-state index contributed by atoms with van der Waals surface area (Å²) in [4.78, 5) is 15.9. The molecule has 4 rings (SSSR count). The lowest BCUT2D eigenvalue weighted by atomic mass is 10.1. The number of carbonyl (C=O) groups is 1. The number of halogens is 1. The molecule has 3 heterocycles. The maximum atomic E-state index is 13.6. The van der Waals surface area contributed by atoms with Crippen LogP contribution in [0.1, 0.15) is 35.7 Å². The summed E-state index contributed by atoms with van der Waals surface area (Å²) in [6.45, 7) is 3.10. The molecule has 7 nitrogen and oxygen atoms in total. The molecule has 0 bridgehead atoms. The first-order valence-electron chi connectivity index (χ1n) is 9.51. The van der Waals surface area contributed by atoms with Crippen LogP contribution in [0.4, 0.5) is 4.39 Å². The zero-order chi connectivity index (χ0) is 19.7. The average Bonchev–Trinajstić information content (AvgIpc) is 3.11. The van der Waals surface area contributed by atoms with Gasteiger partial charge in [0.15, 0.2) is 5.82 Å². The fourth-order valence-electron chi connectivity index (χ4n) is 3.95. The summed E-state index contributed by atoms with van der Waals surface area (Å²) in [6.07, 6.45) is 2.62. The summed E-state index contributed by atoms with van der Waals surface area (Å²) in [5.74, 6) is 1.41. The first-order chi connectivity index (χ1) is 13.5. The quantitative estimate of drug-likeness (QED) is 0.706. The van der Waals surface area contributed by atoms with Gasteiger partial charge in [0.2, 0.25) is 5.91 Å². The monoisotopic (exact) mass is 385 g/mol. The number of ether oxygens (including phenoxy) is 1. The van der Waals surface area contributed by atoms with Gasteiger partial charge >= 0.3 is 0 Å².